The van der Waals surface area contributed by atoms with Crippen LogP contribution in [0.25, 0.3) is 21.9 Å². The van der Waals surface area contributed by atoms with Crippen molar-refractivity contribution in [2.75, 3.05) is 0 Å². The quantitative estimate of drug-likeness (QED) is 0.585. The van der Waals surface area contributed by atoms with E-state index < -0.39 is 23.5 Å². The van der Waals surface area contributed by atoms with Crippen molar-refractivity contribution >= 4 is 33.8 Å². The minimum absolute atomic E-state index is 0.0106. The molecule has 1 unspecified atom stereocenters. The van der Waals surface area contributed by atoms with Crippen molar-refractivity contribution in [2.45, 2.75) is 59.4 Å². The number of hydrogen-bond donors (Lipinski definition) is 2. The lowest BCUT2D eigenvalue weighted by Gasteiger charge is -2.13. The summed E-state index contributed by atoms with van der Waals surface area (Å²) in [5.74, 6) is -0.648. The molecule has 154 valence electrons. The predicted octanol–water partition coefficient (Wildman–Crippen LogP) is 3.77. The Morgan fingerprint density at radius 3 is 2.38 bits per heavy atom. The summed E-state index contributed by atoms with van der Waals surface area (Å²) >= 11 is 0. The number of furan rings is 1. The summed E-state index contributed by atoms with van der Waals surface area (Å²) in [7, 11) is 0. The van der Waals surface area contributed by atoms with Gasteiger partial charge >= 0.3 is 11.6 Å². The van der Waals surface area contributed by atoms with Gasteiger partial charge in [-0.25, -0.2) is 9.59 Å². The van der Waals surface area contributed by atoms with Crippen molar-refractivity contribution in [1.82, 2.24) is 5.32 Å². The summed E-state index contributed by atoms with van der Waals surface area (Å²) in [6.45, 7) is 7.54. The number of nitrogens with one attached hydrogen (secondary N) is 1. The molecule has 0 spiro atoms. The first-order chi connectivity index (χ1) is 13.7. The van der Waals surface area contributed by atoms with E-state index in [-0.39, 0.29) is 12.8 Å². The van der Waals surface area contributed by atoms with Gasteiger partial charge in [-0.15, -0.1) is 0 Å². The molecule has 2 aromatic heterocycles. The van der Waals surface area contributed by atoms with Crippen LogP contribution in [0.15, 0.2) is 25.8 Å². The number of fused-ring (bicyclic) bond motifs is 2. The van der Waals surface area contributed by atoms with Gasteiger partial charge in [-0.3, -0.25) is 4.79 Å². The normalized spacial score (nSPS) is 12.4. The van der Waals surface area contributed by atoms with E-state index in [0.717, 1.165) is 27.7 Å². The van der Waals surface area contributed by atoms with Gasteiger partial charge in [-0.2, -0.15) is 0 Å². The third-order valence-electron chi connectivity index (χ3n) is 5.40. The average Bonchev–Trinajstić information content (AvgIpc) is 2.93. The number of carboxylic acid groups (broad SMARTS) is 1. The molecule has 0 saturated carbocycles. The van der Waals surface area contributed by atoms with Gasteiger partial charge in [0, 0.05) is 28.8 Å². The standard InChI is InChI=1S/C22H25NO6/c1-5-6-17(21(25)26)23-20(24)8-7-14-12(3)16-9-15-11(2)13(4)28-18(15)10-19(16)29-22(14)27/h9-10,17H,5-8H2,1-4H3,(H,23,24)(H,25,26). The van der Waals surface area contributed by atoms with Crippen LogP contribution in [0.3, 0.4) is 0 Å². The minimum Gasteiger partial charge on any atom is -0.480 e. The smallest absolute Gasteiger partial charge is 0.339 e. The summed E-state index contributed by atoms with van der Waals surface area (Å²) in [5.41, 5.74) is 2.82. The van der Waals surface area contributed by atoms with Gasteiger partial charge in [-0.1, -0.05) is 13.3 Å². The Hall–Kier alpha value is -3.09. The van der Waals surface area contributed by atoms with Crippen LogP contribution in [0.1, 0.15) is 48.6 Å². The van der Waals surface area contributed by atoms with Crippen LogP contribution in [-0.2, 0) is 16.0 Å². The lowest BCUT2D eigenvalue weighted by molar-refractivity contribution is -0.142. The molecule has 29 heavy (non-hydrogen) atoms. The van der Waals surface area contributed by atoms with Crippen LogP contribution in [-0.4, -0.2) is 23.0 Å². The molecule has 2 heterocycles. The van der Waals surface area contributed by atoms with E-state index in [4.69, 9.17) is 13.9 Å². The first-order valence-electron chi connectivity index (χ1n) is 9.71. The summed E-state index contributed by atoms with van der Waals surface area (Å²) in [5, 5.41) is 13.4. The second-order valence-corrected chi connectivity index (χ2v) is 7.37. The van der Waals surface area contributed by atoms with Crippen molar-refractivity contribution in [2.24, 2.45) is 0 Å². The lowest BCUT2D eigenvalue weighted by atomic mass is 10.00. The van der Waals surface area contributed by atoms with E-state index >= 15 is 0 Å². The molecule has 7 nitrogen and oxygen atoms in total. The highest BCUT2D eigenvalue weighted by Crippen LogP contribution is 2.31. The van der Waals surface area contributed by atoms with E-state index in [1.165, 1.54) is 0 Å². The Kier molecular flexibility index (Phi) is 5.77. The van der Waals surface area contributed by atoms with Crippen LogP contribution >= 0.6 is 0 Å². The third kappa shape index (κ3) is 4.04. The Bertz CT molecular complexity index is 1150. The number of aryl methyl sites for hydroxylation is 3. The van der Waals surface area contributed by atoms with Crippen LogP contribution < -0.4 is 10.9 Å². The topological polar surface area (TPSA) is 110 Å². The SMILES string of the molecule is CCCC(NC(=O)CCc1c(C)c2cc3c(C)c(C)oc3cc2oc1=O)C(=O)O. The van der Waals surface area contributed by atoms with E-state index in [1.807, 2.05) is 33.8 Å². The van der Waals surface area contributed by atoms with Crippen LogP contribution in [0.2, 0.25) is 0 Å². The van der Waals surface area contributed by atoms with Gasteiger partial charge in [0.05, 0.1) is 0 Å². The molecule has 1 atom stereocenters. The number of rotatable bonds is 7. The maximum absolute atomic E-state index is 12.5. The highest BCUT2D eigenvalue weighted by Gasteiger charge is 2.20. The average molecular weight is 399 g/mol. The zero-order valence-electron chi connectivity index (χ0n) is 17.0. The van der Waals surface area contributed by atoms with Gasteiger partial charge in [0.15, 0.2) is 0 Å². The lowest BCUT2D eigenvalue weighted by Crippen LogP contribution is -2.40. The van der Waals surface area contributed by atoms with Crippen molar-refractivity contribution in [1.29, 1.82) is 0 Å². The maximum Gasteiger partial charge on any atom is 0.339 e. The number of aliphatic carboxylic acids is 1. The molecular formula is C22H25NO6. The van der Waals surface area contributed by atoms with Gasteiger partial charge < -0.3 is 19.3 Å². The van der Waals surface area contributed by atoms with E-state index in [2.05, 4.69) is 5.32 Å². The van der Waals surface area contributed by atoms with Gasteiger partial charge in [0.2, 0.25) is 5.91 Å². The fourth-order valence-electron chi connectivity index (χ4n) is 3.57. The van der Waals surface area contributed by atoms with E-state index in [1.54, 1.807) is 6.07 Å². The first kappa shape index (κ1) is 20.6. The molecular weight excluding hydrogens is 374 g/mol. The summed E-state index contributed by atoms with van der Waals surface area (Å²) < 4.78 is 11.2. The van der Waals surface area contributed by atoms with Crippen molar-refractivity contribution in [3.63, 3.8) is 0 Å². The van der Waals surface area contributed by atoms with Gasteiger partial charge in [-0.05, 0) is 50.8 Å². The summed E-state index contributed by atoms with van der Waals surface area (Å²) in [6.07, 6.45) is 1.19. The molecule has 2 N–H and O–H groups in total. The number of carboxylic acids is 1. The molecule has 1 amide bonds. The second kappa shape index (κ2) is 8.11. The zero-order valence-corrected chi connectivity index (χ0v) is 17.0. The molecule has 1 aromatic carbocycles. The van der Waals surface area contributed by atoms with Crippen molar-refractivity contribution in [3.05, 3.63) is 45.0 Å². The van der Waals surface area contributed by atoms with E-state index in [0.29, 0.717) is 29.6 Å². The molecule has 0 fully saturated rings. The second-order valence-electron chi connectivity index (χ2n) is 7.37. The third-order valence-corrected chi connectivity index (χ3v) is 5.40. The van der Waals surface area contributed by atoms with E-state index in [9.17, 15) is 14.4 Å². The number of carbonyl (C=O) groups is 2. The molecule has 0 aliphatic carbocycles. The number of benzene rings is 1. The Balaban J connectivity index is 1.88. The fraction of sp³-hybridized carbons (Fsp3) is 0.409. The van der Waals surface area contributed by atoms with Crippen LogP contribution in [0.4, 0.5) is 0 Å². The molecule has 0 aliphatic rings. The van der Waals surface area contributed by atoms with Gasteiger partial charge in [0.1, 0.15) is 23.0 Å². The highest BCUT2D eigenvalue weighted by atomic mass is 16.4. The molecule has 0 bridgehead atoms. The Morgan fingerprint density at radius 1 is 1.07 bits per heavy atom. The fourth-order valence-corrected chi connectivity index (χ4v) is 3.57. The highest BCUT2D eigenvalue weighted by molar-refractivity contribution is 5.96. The van der Waals surface area contributed by atoms with Crippen LogP contribution in [0.5, 0.6) is 0 Å². The largest absolute Gasteiger partial charge is 0.480 e. The Labute approximate surface area is 167 Å². The Morgan fingerprint density at radius 2 is 1.72 bits per heavy atom. The predicted molar refractivity (Wildman–Crippen MR) is 109 cm³/mol. The number of hydrogen-bond acceptors (Lipinski definition) is 5. The molecule has 3 rings (SSSR count). The first-order valence-corrected chi connectivity index (χ1v) is 9.71. The van der Waals surface area contributed by atoms with Crippen LogP contribution in [0, 0.1) is 20.8 Å². The molecule has 0 aliphatic heterocycles. The molecule has 3 aromatic rings. The number of amides is 1. The molecule has 7 heteroatoms. The summed E-state index contributed by atoms with van der Waals surface area (Å²) in [6, 6.07) is 2.75. The van der Waals surface area contributed by atoms with Crippen molar-refractivity contribution in [3.8, 4) is 0 Å². The molecule has 0 radical (unpaired) electrons. The zero-order chi connectivity index (χ0) is 21.3. The van der Waals surface area contributed by atoms with Crippen molar-refractivity contribution < 1.29 is 23.5 Å². The molecule has 0 saturated heterocycles. The summed E-state index contributed by atoms with van der Waals surface area (Å²) in [4.78, 5) is 35.9. The minimum atomic E-state index is -1.06. The monoisotopic (exact) mass is 399 g/mol. The number of carbonyl (C=O) groups excluding carboxylic acids is 1. The van der Waals surface area contributed by atoms with Gasteiger partial charge in [0.25, 0.3) is 0 Å². The maximum atomic E-state index is 12.5.